The van der Waals surface area contributed by atoms with E-state index >= 15 is 0 Å². The van der Waals surface area contributed by atoms with E-state index in [1.807, 2.05) is 26.1 Å². The average molecular weight is 248 g/mol. The summed E-state index contributed by atoms with van der Waals surface area (Å²) in [6, 6.07) is 1.96. The summed E-state index contributed by atoms with van der Waals surface area (Å²) >= 11 is 1.73. The Morgan fingerprint density at radius 2 is 1.94 bits per heavy atom. The fourth-order valence-electron chi connectivity index (χ4n) is 1.55. The molecule has 0 aromatic carbocycles. The van der Waals surface area contributed by atoms with Crippen LogP contribution < -0.4 is 5.32 Å². The van der Waals surface area contributed by atoms with E-state index in [1.54, 1.807) is 11.3 Å². The second-order valence-electron chi connectivity index (χ2n) is 3.90. The van der Waals surface area contributed by atoms with Crippen LogP contribution in [0.3, 0.4) is 0 Å². The second kappa shape index (κ2) is 5.23. The largest absolute Gasteiger partial charge is 0.348 e. The summed E-state index contributed by atoms with van der Waals surface area (Å²) in [7, 11) is 0. The van der Waals surface area contributed by atoms with Crippen LogP contribution >= 0.6 is 11.3 Å². The molecule has 0 aliphatic rings. The van der Waals surface area contributed by atoms with E-state index in [-0.39, 0.29) is 0 Å². The molecular formula is C12H16N4S. The van der Waals surface area contributed by atoms with Crippen molar-refractivity contribution >= 4 is 17.3 Å². The number of hydrogen-bond acceptors (Lipinski definition) is 5. The van der Waals surface area contributed by atoms with Gasteiger partial charge in [-0.3, -0.25) is 0 Å². The van der Waals surface area contributed by atoms with Gasteiger partial charge in [-0.1, -0.05) is 6.92 Å². The molecule has 4 nitrogen and oxygen atoms in total. The molecule has 0 amide bonds. The Hall–Kier alpha value is -1.49. The fraction of sp³-hybridized carbons (Fsp3) is 0.417. The lowest BCUT2D eigenvalue weighted by Crippen LogP contribution is -2.04. The Morgan fingerprint density at radius 3 is 2.53 bits per heavy atom. The van der Waals surface area contributed by atoms with Crippen LogP contribution in [0.5, 0.6) is 0 Å². The Balaban J connectivity index is 2.01. The van der Waals surface area contributed by atoms with Crippen molar-refractivity contribution in [3.63, 3.8) is 0 Å². The number of rotatable bonds is 4. The zero-order chi connectivity index (χ0) is 12.3. The smallest absolute Gasteiger partial charge is 0.223 e. The zero-order valence-electron chi connectivity index (χ0n) is 10.3. The van der Waals surface area contributed by atoms with Gasteiger partial charge >= 0.3 is 0 Å². The maximum Gasteiger partial charge on any atom is 0.223 e. The van der Waals surface area contributed by atoms with E-state index in [9.17, 15) is 0 Å². The first-order chi connectivity index (χ1) is 8.17. The Kier molecular flexibility index (Phi) is 3.68. The minimum atomic E-state index is 0.677. The topological polar surface area (TPSA) is 50.7 Å². The van der Waals surface area contributed by atoms with Crippen molar-refractivity contribution < 1.29 is 0 Å². The van der Waals surface area contributed by atoms with Gasteiger partial charge < -0.3 is 5.32 Å². The van der Waals surface area contributed by atoms with Gasteiger partial charge in [0.1, 0.15) is 5.01 Å². The number of nitrogens with zero attached hydrogens (tertiary/aromatic N) is 3. The highest BCUT2D eigenvalue weighted by atomic mass is 32.1. The van der Waals surface area contributed by atoms with E-state index in [1.165, 1.54) is 4.88 Å². The molecule has 0 saturated heterocycles. The molecule has 2 aromatic rings. The third-order valence-corrected chi connectivity index (χ3v) is 3.47. The SMILES string of the molecule is CCc1cnc(CNc2nc(C)cc(C)n2)s1. The summed E-state index contributed by atoms with van der Waals surface area (Å²) in [6.07, 6.45) is 2.97. The first-order valence-electron chi connectivity index (χ1n) is 5.67. The number of anilines is 1. The summed E-state index contributed by atoms with van der Waals surface area (Å²) in [5, 5.41) is 4.28. The summed E-state index contributed by atoms with van der Waals surface area (Å²) in [5.74, 6) is 0.677. The predicted molar refractivity (Wildman–Crippen MR) is 70.3 cm³/mol. The molecule has 0 radical (unpaired) electrons. The Bertz CT molecular complexity index is 487. The Morgan fingerprint density at radius 1 is 1.24 bits per heavy atom. The van der Waals surface area contributed by atoms with Crippen LogP contribution in [0.1, 0.15) is 28.2 Å². The van der Waals surface area contributed by atoms with Crippen LogP contribution in [0, 0.1) is 13.8 Å². The van der Waals surface area contributed by atoms with Crippen LogP contribution in [0.4, 0.5) is 5.95 Å². The number of nitrogens with one attached hydrogen (secondary N) is 1. The number of hydrogen-bond donors (Lipinski definition) is 1. The van der Waals surface area contributed by atoms with Crippen LogP contribution in [0.15, 0.2) is 12.3 Å². The third-order valence-electron chi connectivity index (χ3n) is 2.33. The van der Waals surface area contributed by atoms with Crippen LogP contribution in [0.2, 0.25) is 0 Å². The molecule has 0 spiro atoms. The number of thiazole rings is 1. The van der Waals surface area contributed by atoms with Gasteiger partial charge in [-0.2, -0.15) is 0 Å². The normalized spacial score (nSPS) is 10.5. The molecule has 0 bridgehead atoms. The number of aryl methyl sites for hydroxylation is 3. The second-order valence-corrected chi connectivity index (χ2v) is 5.10. The molecule has 1 N–H and O–H groups in total. The fourth-order valence-corrected chi connectivity index (χ4v) is 2.36. The molecule has 0 aliphatic carbocycles. The molecule has 0 fully saturated rings. The van der Waals surface area contributed by atoms with Gasteiger partial charge in [0.2, 0.25) is 5.95 Å². The molecule has 2 rings (SSSR count). The number of aromatic nitrogens is 3. The van der Waals surface area contributed by atoms with Crippen molar-refractivity contribution in [2.45, 2.75) is 33.7 Å². The molecular weight excluding hydrogens is 232 g/mol. The van der Waals surface area contributed by atoms with Crippen molar-refractivity contribution in [1.82, 2.24) is 15.0 Å². The van der Waals surface area contributed by atoms with E-state index in [0.29, 0.717) is 12.5 Å². The average Bonchev–Trinajstić information content (AvgIpc) is 2.73. The minimum absolute atomic E-state index is 0.677. The predicted octanol–water partition coefficient (Wildman–Crippen LogP) is 2.72. The van der Waals surface area contributed by atoms with Gasteiger partial charge in [0.25, 0.3) is 0 Å². The molecule has 2 aromatic heterocycles. The lowest BCUT2D eigenvalue weighted by atomic mass is 10.4. The molecule has 17 heavy (non-hydrogen) atoms. The van der Waals surface area contributed by atoms with Gasteiger partial charge in [0.05, 0.1) is 6.54 Å². The maximum atomic E-state index is 4.35. The monoisotopic (exact) mass is 248 g/mol. The highest BCUT2D eigenvalue weighted by molar-refractivity contribution is 7.11. The Labute approximate surface area is 105 Å². The van der Waals surface area contributed by atoms with Gasteiger partial charge in [-0.25, -0.2) is 15.0 Å². The van der Waals surface area contributed by atoms with Crippen molar-refractivity contribution in [2.75, 3.05) is 5.32 Å². The quantitative estimate of drug-likeness (QED) is 0.904. The van der Waals surface area contributed by atoms with Crippen LogP contribution in [-0.4, -0.2) is 15.0 Å². The van der Waals surface area contributed by atoms with E-state index < -0.39 is 0 Å². The van der Waals surface area contributed by atoms with Gasteiger partial charge in [0.15, 0.2) is 0 Å². The zero-order valence-corrected chi connectivity index (χ0v) is 11.1. The first kappa shape index (κ1) is 12.0. The van der Waals surface area contributed by atoms with Gasteiger partial charge in [-0.05, 0) is 26.3 Å². The molecule has 0 saturated carbocycles. The lowest BCUT2D eigenvalue weighted by Gasteiger charge is -2.04. The highest BCUT2D eigenvalue weighted by Crippen LogP contribution is 2.14. The highest BCUT2D eigenvalue weighted by Gasteiger charge is 2.02. The van der Waals surface area contributed by atoms with E-state index in [2.05, 4.69) is 27.2 Å². The molecule has 5 heteroatoms. The van der Waals surface area contributed by atoms with Crippen molar-refractivity contribution in [1.29, 1.82) is 0 Å². The van der Waals surface area contributed by atoms with E-state index in [4.69, 9.17) is 0 Å². The first-order valence-corrected chi connectivity index (χ1v) is 6.48. The standard InChI is InChI=1S/C12H16N4S/c1-4-10-6-13-11(17-10)7-14-12-15-8(2)5-9(3)16-12/h5-6H,4,7H2,1-3H3,(H,14,15,16). The molecule has 90 valence electrons. The summed E-state index contributed by atoms with van der Waals surface area (Å²) in [4.78, 5) is 14.3. The van der Waals surface area contributed by atoms with Crippen LogP contribution in [0.25, 0.3) is 0 Å². The molecule has 0 unspecified atom stereocenters. The van der Waals surface area contributed by atoms with Gasteiger partial charge in [-0.15, -0.1) is 11.3 Å². The van der Waals surface area contributed by atoms with Crippen molar-refractivity contribution in [3.05, 3.63) is 33.5 Å². The van der Waals surface area contributed by atoms with E-state index in [0.717, 1.165) is 22.8 Å². The summed E-state index contributed by atoms with van der Waals surface area (Å²) in [6.45, 7) is 6.77. The molecule has 0 aliphatic heterocycles. The maximum absolute atomic E-state index is 4.35. The summed E-state index contributed by atoms with van der Waals surface area (Å²) in [5.41, 5.74) is 1.96. The molecule has 2 heterocycles. The van der Waals surface area contributed by atoms with Crippen molar-refractivity contribution in [2.24, 2.45) is 0 Å². The van der Waals surface area contributed by atoms with Gasteiger partial charge in [0, 0.05) is 22.5 Å². The third kappa shape index (κ3) is 3.23. The van der Waals surface area contributed by atoms with Crippen LogP contribution in [-0.2, 0) is 13.0 Å². The minimum Gasteiger partial charge on any atom is -0.348 e. The molecule has 0 atom stereocenters. The lowest BCUT2D eigenvalue weighted by molar-refractivity contribution is 0.994. The van der Waals surface area contributed by atoms with Crippen molar-refractivity contribution in [3.8, 4) is 0 Å². The summed E-state index contributed by atoms with van der Waals surface area (Å²) < 4.78 is 0.